The number of hydrogen-bond acceptors (Lipinski definition) is 1. The second kappa shape index (κ2) is 3.11. The molecule has 0 spiro atoms. The molecule has 0 unspecified atom stereocenters. The number of benzene rings is 1. The molecule has 1 N–H and O–H groups in total. The fourth-order valence-electron chi connectivity index (χ4n) is 1.51. The second-order valence-electron chi connectivity index (χ2n) is 3.11. The third kappa shape index (κ3) is 1.28. The summed E-state index contributed by atoms with van der Waals surface area (Å²) in [6.07, 6.45) is 6.18. The average molecular weight is 160 g/mol. The first kappa shape index (κ1) is 7.56. The molecule has 1 aromatic carbocycles. The van der Waals surface area contributed by atoms with Crippen LogP contribution in [0.15, 0.2) is 24.3 Å². The molecule has 0 saturated carbocycles. The first-order chi connectivity index (χ1) is 5.90. The first-order valence-electron chi connectivity index (χ1n) is 4.29. The lowest BCUT2D eigenvalue weighted by Crippen LogP contribution is -2.07. The highest BCUT2D eigenvalue weighted by atomic mass is 16.2. The molecule has 12 heavy (non-hydrogen) atoms. The quantitative estimate of drug-likeness (QED) is 0.699. The predicted molar refractivity (Wildman–Crippen MR) is 50.0 cm³/mol. The summed E-state index contributed by atoms with van der Waals surface area (Å²) in [5, 5.41) is 8.58. The zero-order chi connectivity index (χ0) is 8.39. The van der Waals surface area contributed by atoms with Crippen LogP contribution >= 0.6 is 0 Å². The van der Waals surface area contributed by atoms with Gasteiger partial charge in [0.25, 0.3) is 0 Å². The van der Waals surface area contributed by atoms with Crippen LogP contribution in [0.4, 0.5) is 0 Å². The fourth-order valence-corrected chi connectivity index (χ4v) is 1.51. The Morgan fingerprint density at radius 1 is 1.25 bits per heavy atom. The zero-order valence-corrected chi connectivity index (χ0v) is 6.96. The van der Waals surface area contributed by atoms with Crippen LogP contribution in [0.2, 0.25) is 0 Å². The minimum atomic E-state index is 0.122. The molecule has 0 saturated heterocycles. The Hall–Kier alpha value is -1.08. The first-order valence-corrected chi connectivity index (χ1v) is 4.29. The molecular formula is C11H12O. The predicted octanol–water partition coefficient (Wildman–Crippen LogP) is 1.79. The Balaban J connectivity index is 2.23. The molecule has 1 aliphatic rings. The molecule has 0 bridgehead atoms. The van der Waals surface area contributed by atoms with Crippen LogP contribution in [-0.4, -0.2) is 11.7 Å². The van der Waals surface area contributed by atoms with Crippen molar-refractivity contribution in [2.75, 3.05) is 6.61 Å². The van der Waals surface area contributed by atoms with E-state index in [9.17, 15) is 0 Å². The van der Waals surface area contributed by atoms with Crippen LogP contribution in [0.25, 0.3) is 6.08 Å². The molecule has 0 aromatic heterocycles. The van der Waals surface area contributed by atoms with E-state index in [1.54, 1.807) is 6.08 Å². The molecule has 1 aromatic rings. The van der Waals surface area contributed by atoms with Crippen molar-refractivity contribution in [3.8, 4) is 0 Å². The minimum absolute atomic E-state index is 0.122. The number of rotatable bonds is 2. The van der Waals surface area contributed by atoms with E-state index in [1.165, 1.54) is 29.5 Å². The van der Waals surface area contributed by atoms with Gasteiger partial charge in [0.1, 0.15) is 0 Å². The van der Waals surface area contributed by atoms with Crippen molar-refractivity contribution in [3.05, 3.63) is 41.0 Å². The van der Waals surface area contributed by atoms with E-state index in [4.69, 9.17) is 5.11 Å². The highest BCUT2D eigenvalue weighted by Gasteiger charge is 2.11. The van der Waals surface area contributed by atoms with Gasteiger partial charge in [-0.15, -0.1) is 0 Å². The van der Waals surface area contributed by atoms with Crippen molar-refractivity contribution in [1.82, 2.24) is 0 Å². The summed E-state index contributed by atoms with van der Waals surface area (Å²) in [5.41, 5.74) is 4.15. The van der Waals surface area contributed by atoms with Gasteiger partial charge >= 0.3 is 0 Å². The molecule has 1 heteroatoms. The Kier molecular flexibility index (Phi) is 1.96. The van der Waals surface area contributed by atoms with E-state index >= 15 is 0 Å². The molecule has 0 amide bonds. The topological polar surface area (TPSA) is 20.2 Å². The zero-order valence-electron chi connectivity index (χ0n) is 6.96. The van der Waals surface area contributed by atoms with E-state index < -0.39 is 0 Å². The standard InChI is InChI=1S/C11H12O/c12-7-1-2-9-3-4-10-5-6-11(10)8-9/h1-4,8,12H,5-7H2/b2-1+. The van der Waals surface area contributed by atoms with Gasteiger partial charge in [-0.05, 0) is 29.5 Å². The van der Waals surface area contributed by atoms with E-state index in [0.29, 0.717) is 0 Å². The highest BCUT2D eigenvalue weighted by molar-refractivity contribution is 5.53. The summed E-state index contributed by atoms with van der Waals surface area (Å²) in [6, 6.07) is 6.48. The van der Waals surface area contributed by atoms with Gasteiger partial charge in [-0.25, -0.2) is 0 Å². The smallest absolute Gasteiger partial charge is 0.0615 e. The van der Waals surface area contributed by atoms with Gasteiger partial charge in [0.2, 0.25) is 0 Å². The largest absolute Gasteiger partial charge is 0.392 e. The third-order valence-electron chi connectivity index (χ3n) is 2.31. The normalized spacial score (nSPS) is 14.4. The van der Waals surface area contributed by atoms with Gasteiger partial charge in [0, 0.05) is 0 Å². The Morgan fingerprint density at radius 3 is 2.67 bits per heavy atom. The van der Waals surface area contributed by atoms with E-state index in [-0.39, 0.29) is 6.61 Å². The van der Waals surface area contributed by atoms with E-state index in [1.807, 2.05) is 6.08 Å². The molecule has 0 heterocycles. The molecule has 0 radical (unpaired) electrons. The number of aliphatic hydroxyl groups excluding tert-OH is 1. The maximum Gasteiger partial charge on any atom is 0.0615 e. The van der Waals surface area contributed by atoms with Gasteiger partial charge in [-0.2, -0.15) is 0 Å². The Morgan fingerprint density at radius 2 is 2.08 bits per heavy atom. The molecule has 0 atom stereocenters. The third-order valence-corrected chi connectivity index (χ3v) is 2.31. The Labute approximate surface area is 72.4 Å². The van der Waals surface area contributed by atoms with E-state index in [2.05, 4.69) is 18.2 Å². The van der Waals surface area contributed by atoms with Crippen LogP contribution in [0.1, 0.15) is 16.7 Å². The number of hydrogen-bond donors (Lipinski definition) is 1. The van der Waals surface area contributed by atoms with Gasteiger partial charge < -0.3 is 5.11 Å². The van der Waals surface area contributed by atoms with Crippen LogP contribution in [0.5, 0.6) is 0 Å². The van der Waals surface area contributed by atoms with Crippen LogP contribution < -0.4 is 0 Å². The highest BCUT2D eigenvalue weighted by Crippen LogP contribution is 2.23. The summed E-state index contributed by atoms with van der Waals surface area (Å²) in [6.45, 7) is 0.122. The maximum atomic E-state index is 8.58. The van der Waals surface area contributed by atoms with Gasteiger partial charge in [-0.3, -0.25) is 0 Å². The lowest BCUT2D eigenvalue weighted by atomic mass is 9.87. The van der Waals surface area contributed by atoms with Crippen LogP contribution in [0, 0.1) is 0 Å². The number of aliphatic hydroxyl groups is 1. The summed E-state index contributed by atoms with van der Waals surface area (Å²) < 4.78 is 0. The lowest BCUT2D eigenvalue weighted by molar-refractivity contribution is 0.343. The molecule has 2 rings (SSSR count). The summed E-state index contributed by atoms with van der Waals surface area (Å²) in [7, 11) is 0. The SMILES string of the molecule is OC/C=C/c1ccc2c(c1)CC2. The van der Waals surface area contributed by atoms with Crippen molar-refractivity contribution in [3.63, 3.8) is 0 Å². The molecule has 1 nitrogen and oxygen atoms in total. The maximum absolute atomic E-state index is 8.58. The second-order valence-corrected chi connectivity index (χ2v) is 3.11. The van der Waals surface area contributed by atoms with Crippen LogP contribution in [-0.2, 0) is 12.8 Å². The fraction of sp³-hybridized carbons (Fsp3) is 0.273. The molecule has 62 valence electrons. The summed E-state index contributed by atoms with van der Waals surface area (Å²) in [4.78, 5) is 0. The van der Waals surface area contributed by atoms with Crippen molar-refractivity contribution in [1.29, 1.82) is 0 Å². The average Bonchev–Trinajstić information content (AvgIpc) is 2.05. The van der Waals surface area contributed by atoms with Gasteiger partial charge in [0.15, 0.2) is 0 Å². The Bertz CT molecular complexity index is 313. The van der Waals surface area contributed by atoms with Crippen molar-refractivity contribution >= 4 is 6.08 Å². The summed E-state index contributed by atoms with van der Waals surface area (Å²) in [5.74, 6) is 0. The van der Waals surface area contributed by atoms with Gasteiger partial charge in [-0.1, -0.05) is 30.4 Å². The van der Waals surface area contributed by atoms with Crippen molar-refractivity contribution in [2.24, 2.45) is 0 Å². The van der Waals surface area contributed by atoms with Crippen molar-refractivity contribution < 1.29 is 5.11 Å². The molecule has 0 fully saturated rings. The monoisotopic (exact) mass is 160 g/mol. The van der Waals surface area contributed by atoms with Crippen molar-refractivity contribution in [2.45, 2.75) is 12.8 Å². The van der Waals surface area contributed by atoms with Crippen LogP contribution in [0.3, 0.4) is 0 Å². The summed E-state index contributed by atoms with van der Waals surface area (Å²) >= 11 is 0. The number of fused-ring (bicyclic) bond motifs is 1. The molecular weight excluding hydrogens is 148 g/mol. The minimum Gasteiger partial charge on any atom is -0.392 e. The molecule has 0 aliphatic heterocycles. The number of aryl methyl sites for hydroxylation is 2. The van der Waals surface area contributed by atoms with E-state index in [0.717, 1.165) is 0 Å². The molecule has 1 aliphatic carbocycles. The lowest BCUT2D eigenvalue weighted by Gasteiger charge is -2.18. The van der Waals surface area contributed by atoms with Gasteiger partial charge in [0.05, 0.1) is 6.61 Å².